The fourth-order valence-corrected chi connectivity index (χ4v) is 1.88. The van der Waals surface area contributed by atoms with Crippen LogP contribution in [-0.2, 0) is 9.22 Å². The van der Waals surface area contributed by atoms with Crippen LogP contribution in [0.3, 0.4) is 0 Å². The topological polar surface area (TPSA) is 46.5 Å². The number of hydrogen-bond acceptors (Lipinski definition) is 2. The van der Waals surface area contributed by atoms with Gasteiger partial charge in [0.25, 0.3) is 0 Å². The number of carbonyl (C=O) groups is 1. The number of hydrogen-bond donors (Lipinski definition) is 1. The zero-order valence-electron chi connectivity index (χ0n) is 8.04. The second-order valence-corrected chi connectivity index (χ2v) is 5.52. The van der Waals surface area contributed by atoms with Gasteiger partial charge in [0.05, 0.1) is 0 Å². The maximum absolute atomic E-state index is 10.6. The van der Waals surface area contributed by atoms with Crippen LogP contribution in [0.5, 0.6) is 0 Å². The number of unbranched alkanes of at least 4 members (excludes halogenated alkanes) is 1. The lowest BCUT2D eigenvalue weighted by molar-refractivity contribution is -0.145. The van der Waals surface area contributed by atoms with Crippen LogP contribution in [0.1, 0.15) is 26.2 Å². The highest BCUT2D eigenvalue weighted by molar-refractivity contribution is 6.48. The van der Waals surface area contributed by atoms with Gasteiger partial charge in [0.2, 0.25) is 0 Å². The summed E-state index contributed by atoms with van der Waals surface area (Å²) >= 11 is 0. The van der Waals surface area contributed by atoms with E-state index in [2.05, 4.69) is 0 Å². The van der Waals surface area contributed by atoms with Gasteiger partial charge in [-0.05, 0) is 19.5 Å². The van der Waals surface area contributed by atoms with Crippen LogP contribution in [-0.4, -0.2) is 26.2 Å². The molecule has 1 atom stereocenters. The van der Waals surface area contributed by atoms with Crippen LogP contribution in [0.25, 0.3) is 0 Å². The number of rotatable bonds is 6. The summed E-state index contributed by atoms with van der Waals surface area (Å²) in [5.74, 6) is -0.815. The van der Waals surface area contributed by atoms with Gasteiger partial charge in [0.15, 0.2) is 9.04 Å². The van der Waals surface area contributed by atoms with E-state index >= 15 is 0 Å². The third-order valence-electron chi connectivity index (χ3n) is 1.53. The molecule has 0 bridgehead atoms. The largest absolute Gasteiger partial charge is 0.479 e. The average Bonchev–Trinajstić information content (AvgIpc) is 1.96. The second kappa shape index (κ2) is 6.19. The molecule has 0 aromatic rings. The van der Waals surface area contributed by atoms with Crippen molar-refractivity contribution in [3.63, 3.8) is 0 Å². The minimum atomic E-state index is -1.21. The molecule has 0 radical (unpaired) electrons. The van der Waals surface area contributed by atoms with Crippen LogP contribution in [0.4, 0.5) is 0 Å². The Kier molecular flexibility index (Phi) is 6.01. The van der Waals surface area contributed by atoms with Crippen molar-refractivity contribution in [2.24, 2.45) is 0 Å². The molecule has 0 spiro atoms. The molecule has 0 aliphatic rings. The van der Waals surface area contributed by atoms with Crippen molar-refractivity contribution >= 4 is 15.0 Å². The van der Waals surface area contributed by atoms with E-state index < -0.39 is 21.1 Å². The van der Waals surface area contributed by atoms with Gasteiger partial charge < -0.3 is 9.53 Å². The van der Waals surface area contributed by atoms with E-state index in [1.807, 2.05) is 20.0 Å². The predicted molar refractivity (Wildman–Crippen MR) is 50.9 cm³/mol. The molecule has 3 nitrogen and oxygen atoms in total. The van der Waals surface area contributed by atoms with Gasteiger partial charge in [0, 0.05) is 0 Å². The van der Waals surface area contributed by atoms with Crippen molar-refractivity contribution in [2.45, 2.75) is 45.4 Å². The second-order valence-electron chi connectivity index (χ2n) is 3.15. The van der Waals surface area contributed by atoms with E-state index in [1.54, 1.807) is 0 Å². The van der Waals surface area contributed by atoms with Gasteiger partial charge in [-0.1, -0.05) is 19.8 Å². The Labute approximate surface area is 75.5 Å². The van der Waals surface area contributed by atoms with Crippen LogP contribution < -0.4 is 0 Å². The predicted octanol–water partition coefficient (Wildman–Crippen LogP) is 1.63. The lowest BCUT2D eigenvalue weighted by Gasteiger charge is -2.15. The minimum Gasteiger partial charge on any atom is -0.479 e. The van der Waals surface area contributed by atoms with Crippen molar-refractivity contribution < 1.29 is 14.3 Å². The molecule has 0 amide bonds. The molecule has 72 valence electrons. The Balaban J connectivity index is 3.78. The van der Waals surface area contributed by atoms with Crippen LogP contribution in [0.2, 0.25) is 13.1 Å². The van der Waals surface area contributed by atoms with Crippen molar-refractivity contribution in [3.05, 3.63) is 0 Å². The smallest absolute Gasteiger partial charge is 0.331 e. The Morgan fingerprint density at radius 2 is 2.17 bits per heavy atom. The van der Waals surface area contributed by atoms with Crippen LogP contribution in [0, 0.1) is 0 Å². The first kappa shape index (κ1) is 11.6. The SMILES string of the molecule is CCCCC(O[SiH](C)C)C(=O)O. The fourth-order valence-electron chi connectivity index (χ4n) is 0.968. The highest BCUT2D eigenvalue weighted by Gasteiger charge is 2.18. The molecule has 0 saturated carbocycles. The Morgan fingerprint density at radius 3 is 2.50 bits per heavy atom. The summed E-state index contributed by atoms with van der Waals surface area (Å²) in [6, 6.07) is 0. The molecule has 0 saturated heterocycles. The molecule has 12 heavy (non-hydrogen) atoms. The van der Waals surface area contributed by atoms with Crippen molar-refractivity contribution in [2.75, 3.05) is 0 Å². The summed E-state index contributed by atoms with van der Waals surface area (Å²) < 4.78 is 5.35. The minimum absolute atomic E-state index is 0.559. The third kappa shape index (κ3) is 5.32. The lowest BCUT2D eigenvalue weighted by atomic mass is 10.2. The highest BCUT2D eigenvalue weighted by atomic mass is 28.3. The summed E-state index contributed by atoms with van der Waals surface area (Å²) in [5, 5.41) is 8.75. The summed E-state index contributed by atoms with van der Waals surface area (Å²) in [6.45, 7) is 6.02. The van der Waals surface area contributed by atoms with Gasteiger partial charge >= 0.3 is 5.97 Å². The first-order valence-corrected chi connectivity index (χ1v) is 7.24. The first-order chi connectivity index (χ1) is 5.57. The van der Waals surface area contributed by atoms with E-state index in [0.29, 0.717) is 6.42 Å². The monoisotopic (exact) mass is 190 g/mol. The van der Waals surface area contributed by atoms with E-state index in [9.17, 15) is 4.79 Å². The van der Waals surface area contributed by atoms with E-state index in [4.69, 9.17) is 9.53 Å². The molecular formula is C8H18O3Si. The standard InChI is InChI=1S/C8H18O3Si/c1-4-5-6-7(8(9)10)11-12(2)3/h7,12H,4-6H2,1-3H3,(H,9,10). The molecule has 1 unspecified atom stereocenters. The molecule has 0 aliphatic heterocycles. The summed E-state index contributed by atoms with van der Waals surface area (Å²) in [4.78, 5) is 10.6. The zero-order chi connectivity index (χ0) is 9.56. The van der Waals surface area contributed by atoms with Gasteiger partial charge in [-0.25, -0.2) is 4.79 Å². The molecular weight excluding hydrogens is 172 g/mol. The fraction of sp³-hybridized carbons (Fsp3) is 0.875. The number of carboxylic acid groups (broad SMARTS) is 1. The molecule has 0 fully saturated rings. The molecule has 0 aliphatic carbocycles. The van der Waals surface area contributed by atoms with Gasteiger partial charge in [-0.3, -0.25) is 0 Å². The van der Waals surface area contributed by atoms with Crippen molar-refractivity contribution in [1.82, 2.24) is 0 Å². The first-order valence-electron chi connectivity index (χ1n) is 4.46. The Morgan fingerprint density at radius 1 is 1.58 bits per heavy atom. The highest BCUT2D eigenvalue weighted by Crippen LogP contribution is 2.06. The van der Waals surface area contributed by atoms with E-state index in [1.165, 1.54) is 0 Å². The maximum Gasteiger partial charge on any atom is 0.331 e. The van der Waals surface area contributed by atoms with E-state index in [-0.39, 0.29) is 0 Å². The summed E-state index contributed by atoms with van der Waals surface area (Å²) in [7, 11) is -1.21. The van der Waals surface area contributed by atoms with Gasteiger partial charge in [-0.15, -0.1) is 0 Å². The van der Waals surface area contributed by atoms with Gasteiger partial charge in [-0.2, -0.15) is 0 Å². The molecule has 0 rings (SSSR count). The lowest BCUT2D eigenvalue weighted by Crippen LogP contribution is -2.28. The van der Waals surface area contributed by atoms with Crippen LogP contribution >= 0.6 is 0 Å². The molecule has 0 aromatic carbocycles. The Hall–Kier alpha value is -0.353. The van der Waals surface area contributed by atoms with E-state index in [0.717, 1.165) is 12.8 Å². The normalized spacial score (nSPS) is 13.3. The van der Waals surface area contributed by atoms with Gasteiger partial charge in [0.1, 0.15) is 6.10 Å². The maximum atomic E-state index is 10.6. The molecule has 0 heterocycles. The molecule has 0 aromatic heterocycles. The zero-order valence-corrected chi connectivity index (χ0v) is 9.19. The molecule has 1 N–H and O–H groups in total. The third-order valence-corrected chi connectivity index (χ3v) is 2.40. The molecule has 4 heteroatoms. The average molecular weight is 190 g/mol. The number of aliphatic carboxylic acids is 1. The summed E-state index contributed by atoms with van der Waals surface area (Å²) in [5.41, 5.74) is 0. The van der Waals surface area contributed by atoms with Crippen molar-refractivity contribution in [1.29, 1.82) is 0 Å². The Bertz CT molecular complexity index is 136. The summed E-state index contributed by atoms with van der Waals surface area (Å²) in [6.07, 6.45) is 2.04. The van der Waals surface area contributed by atoms with Crippen molar-refractivity contribution in [3.8, 4) is 0 Å². The number of carboxylic acids is 1. The van der Waals surface area contributed by atoms with Crippen LogP contribution in [0.15, 0.2) is 0 Å². The quantitative estimate of drug-likeness (QED) is 0.648.